The van der Waals surface area contributed by atoms with Crippen molar-refractivity contribution < 1.29 is 14.4 Å². The van der Waals surface area contributed by atoms with Gasteiger partial charge in [0, 0.05) is 0 Å². The van der Waals surface area contributed by atoms with E-state index in [-0.39, 0.29) is 28.4 Å². The van der Waals surface area contributed by atoms with E-state index >= 15 is 0 Å². The maximum absolute atomic E-state index is 12.6. The molecule has 0 unspecified atom stereocenters. The molecule has 2 aromatic carbocycles. The van der Waals surface area contributed by atoms with Crippen LogP contribution in [0.5, 0.6) is 0 Å². The average Bonchev–Trinajstić information content (AvgIpc) is 3.38. The molecule has 0 bridgehead atoms. The van der Waals surface area contributed by atoms with Crippen LogP contribution in [0, 0.1) is 0 Å². The largest absolute Gasteiger partial charge is 0.283 e. The smallest absolute Gasteiger partial charge is 0.266 e. The lowest BCUT2D eigenvalue weighted by Crippen LogP contribution is -2.47. The first kappa shape index (κ1) is 24.1. The van der Waals surface area contributed by atoms with Gasteiger partial charge in [0.25, 0.3) is 11.8 Å². The molecule has 0 radical (unpaired) electrons. The first-order valence-electron chi connectivity index (χ1n) is 10.0. The van der Waals surface area contributed by atoms with Crippen molar-refractivity contribution in [2.75, 3.05) is 12.3 Å². The molecule has 1 aliphatic heterocycles. The molecule has 172 valence electrons. The number of para-hydroxylation sites is 1. The average molecular weight is 527 g/mol. The Morgan fingerprint density at radius 2 is 1.79 bits per heavy atom. The number of allylic oxidation sites excluding steroid dienone is 2. The van der Waals surface area contributed by atoms with Gasteiger partial charge in [-0.2, -0.15) is 0 Å². The number of nitrogens with one attached hydrogen (secondary N) is 2. The number of aromatic nitrogens is 1. The molecule has 0 saturated carbocycles. The lowest BCUT2D eigenvalue weighted by atomic mass is 10.2. The Bertz CT molecular complexity index is 1270. The number of hydrogen-bond donors (Lipinski definition) is 2. The summed E-state index contributed by atoms with van der Waals surface area (Å²) in [6, 6.07) is 17.4. The van der Waals surface area contributed by atoms with Gasteiger partial charge in [-0.05, 0) is 23.8 Å². The fourth-order valence-electron chi connectivity index (χ4n) is 2.86. The van der Waals surface area contributed by atoms with Crippen molar-refractivity contribution in [1.82, 2.24) is 20.7 Å². The highest BCUT2D eigenvalue weighted by Crippen LogP contribution is 2.31. The summed E-state index contributed by atoms with van der Waals surface area (Å²) in [7, 11) is 0. The van der Waals surface area contributed by atoms with Gasteiger partial charge in [0.15, 0.2) is 4.34 Å². The zero-order valence-corrected chi connectivity index (χ0v) is 20.9. The maximum atomic E-state index is 12.6. The van der Waals surface area contributed by atoms with Crippen LogP contribution in [0.2, 0.25) is 0 Å². The van der Waals surface area contributed by atoms with E-state index in [1.807, 2.05) is 60.7 Å². The third-order valence-electron chi connectivity index (χ3n) is 4.45. The quantitative estimate of drug-likeness (QED) is 0.208. The van der Waals surface area contributed by atoms with Gasteiger partial charge in [0.1, 0.15) is 10.9 Å². The Kier molecular flexibility index (Phi) is 8.12. The summed E-state index contributed by atoms with van der Waals surface area (Å²) >= 11 is 9.16. The Hall–Kier alpha value is -2.99. The first-order valence-corrected chi connectivity index (χ1v) is 13.1. The van der Waals surface area contributed by atoms with Gasteiger partial charge in [-0.1, -0.05) is 90.4 Å². The number of hydrazine groups is 1. The van der Waals surface area contributed by atoms with Crippen LogP contribution in [-0.4, -0.2) is 44.2 Å². The predicted molar refractivity (Wildman–Crippen MR) is 142 cm³/mol. The maximum Gasteiger partial charge on any atom is 0.266 e. The number of thiocarbonyl (C=S) groups is 1. The van der Waals surface area contributed by atoms with Gasteiger partial charge < -0.3 is 0 Å². The molecule has 0 atom stereocenters. The minimum Gasteiger partial charge on any atom is -0.283 e. The van der Waals surface area contributed by atoms with Gasteiger partial charge in [-0.3, -0.25) is 30.1 Å². The number of thioether (sulfide) groups is 2. The van der Waals surface area contributed by atoms with Crippen molar-refractivity contribution in [2.24, 2.45) is 0 Å². The molecule has 2 N–H and O–H groups in total. The fourth-order valence-corrected chi connectivity index (χ4v) is 5.94. The molecule has 1 saturated heterocycles. The van der Waals surface area contributed by atoms with Crippen LogP contribution in [0.25, 0.3) is 16.3 Å². The van der Waals surface area contributed by atoms with E-state index in [2.05, 4.69) is 15.8 Å². The summed E-state index contributed by atoms with van der Waals surface area (Å²) in [6.07, 6.45) is 5.32. The number of nitrogens with zero attached hydrogens (tertiary/aromatic N) is 2. The molecule has 3 amide bonds. The number of hydrogen-bond acceptors (Lipinski definition) is 8. The van der Waals surface area contributed by atoms with Crippen LogP contribution in [0.1, 0.15) is 5.56 Å². The molecule has 2 heterocycles. The lowest BCUT2D eigenvalue weighted by Gasteiger charge is -2.14. The predicted octanol–water partition coefficient (Wildman–Crippen LogP) is 3.99. The SMILES string of the molecule is O=C(CSc1nc2ccccc2s1)NNC(=O)CN1C(=O)/C(=C/C=C/c2ccccc2)SC1=S. The Balaban J connectivity index is 1.23. The molecule has 1 aromatic heterocycles. The summed E-state index contributed by atoms with van der Waals surface area (Å²) in [5.74, 6) is -1.18. The molecule has 4 rings (SSSR count). The fraction of sp³-hybridized carbons (Fsp3) is 0.0870. The van der Waals surface area contributed by atoms with Crippen LogP contribution >= 0.6 is 47.1 Å². The normalized spacial score (nSPS) is 14.9. The standard InChI is InChI=1S/C23H18N4O3S4/c28-19(25-26-20(29)14-32-22-24-16-10-4-5-11-17(16)33-22)13-27-21(30)18(34-23(27)31)12-6-9-15-7-2-1-3-8-15/h1-12H,13-14H2,(H,25,28)(H,26,29)/b9-6+,18-12-. The van der Waals surface area contributed by atoms with Crippen LogP contribution in [-0.2, 0) is 14.4 Å². The second-order valence-electron chi connectivity index (χ2n) is 6.89. The molecule has 0 aliphatic carbocycles. The zero-order valence-electron chi connectivity index (χ0n) is 17.6. The number of carbonyl (C=O) groups is 3. The van der Waals surface area contributed by atoms with E-state index in [4.69, 9.17) is 12.2 Å². The Morgan fingerprint density at radius 1 is 1.06 bits per heavy atom. The van der Waals surface area contributed by atoms with Gasteiger partial charge in [-0.25, -0.2) is 4.98 Å². The number of carbonyl (C=O) groups excluding carboxylic acids is 3. The van der Waals surface area contributed by atoms with E-state index < -0.39 is 5.91 Å². The lowest BCUT2D eigenvalue weighted by molar-refractivity contribution is -0.131. The summed E-state index contributed by atoms with van der Waals surface area (Å²) < 4.78 is 2.11. The van der Waals surface area contributed by atoms with Crippen LogP contribution in [0.4, 0.5) is 0 Å². The van der Waals surface area contributed by atoms with E-state index in [0.29, 0.717) is 4.91 Å². The van der Waals surface area contributed by atoms with Crippen molar-refractivity contribution in [3.63, 3.8) is 0 Å². The minimum atomic E-state index is -0.546. The monoisotopic (exact) mass is 526 g/mol. The second-order valence-corrected chi connectivity index (χ2v) is 10.8. The Labute approximate surface area is 213 Å². The molecular formula is C23H18N4O3S4. The Morgan fingerprint density at radius 3 is 2.59 bits per heavy atom. The van der Waals surface area contributed by atoms with E-state index in [1.54, 1.807) is 12.2 Å². The highest BCUT2D eigenvalue weighted by molar-refractivity contribution is 8.26. The van der Waals surface area contributed by atoms with Crippen molar-refractivity contribution >= 4 is 85.4 Å². The summed E-state index contributed by atoms with van der Waals surface area (Å²) in [5.41, 5.74) is 6.58. The van der Waals surface area contributed by atoms with Gasteiger partial charge in [-0.15, -0.1) is 11.3 Å². The minimum absolute atomic E-state index is 0.0949. The molecule has 11 heteroatoms. The van der Waals surface area contributed by atoms with Crippen LogP contribution in [0.3, 0.4) is 0 Å². The second kappa shape index (κ2) is 11.4. The number of amides is 3. The third-order valence-corrected chi connectivity index (χ3v) is 8.03. The van der Waals surface area contributed by atoms with Crippen LogP contribution < -0.4 is 10.9 Å². The summed E-state index contributed by atoms with van der Waals surface area (Å²) in [6.45, 7) is -0.282. The van der Waals surface area contributed by atoms with Gasteiger partial charge >= 0.3 is 0 Å². The van der Waals surface area contributed by atoms with Crippen molar-refractivity contribution in [3.05, 3.63) is 77.2 Å². The molecule has 1 aliphatic rings. The number of benzene rings is 2. The first-order chi connectivity index (χ1) is 16.5. The molecular weight excluding hydrogens is 509 g/mol. The molecule has 3 aromatic rings. The number of rotatable bonds is 7. The highest BCUT2D eigenvalue weighted by atomic mass is 32.2. The summed E-state index contributed by atoms with van der Waals surface area (Å²) in [4.78, 5) is 43.0. The van der Waals surface area contributed by atoms with Crippen molar-refractivity contribution in [2.45, 2.75) is 4.34 Å². The van der Waals surface area contributed by atoms with Gasteiger partial charge in [0.2, 0.25) is 5.91 Å². The third kappa shape index (κ3) is 6.32. The van der Waals surface area contributed by atoms with Crippen LogP contribution in [0.15, 0.2) is 76.0 Å². The topological polar surface area (TPSA) is 91.4 Å². The molecule has 0 spiro atoms. The highest BCUT2D eigenvalue weighted by Gasteiger charge is 2.33. The van der Waals surface area contributed by atoms with E-state index in [9.17, 15) is 14.4 Å². The van der Waals surface area contributed by atoms with E-state index in [1.165, 1.54) is 28.0 Å². The molecule has 1 fully saturated rings. The van der Waals surface area contributed by atoms with Crippen molar-refractivity contribution in [1.29, 1.82) is 0 Å². The van der Waals surface area contributed by atoms with E-state index in [0.717, 1.165) is 31.9 Å². The zero-order chi connectivity index (χ0) is 23.9. The van der Waals surface area contributed by atoms with Crippen molar-refractivity contribution in [3.8, 4) is 0 Å². The number of fused-ring (bicyclic) bond motifs is 1. The molecule has 34 heavy (non-hydrogen) atoms. The molecule has 7 nitrogen and oxygen atoms in total. The van der Waals surface area contributed by atoms with Gasteiger partial charge in [0.05, 0.1) is 20.9 Å². The summed E-state index contributed by atoms with van der Waals surface area (Å²) in [5, 5.41) is 0. The number of thiazole rings is 1.